The Kier molecular flexibility index (Phi) is 13.0. The number of pyridine rings is 3. The van der Waals surface area contributed by atoms with E-state index in [0.717, 1.165) is 79.5 Å². The molecule has 0 aliphatic carbocycles. The van der Waals surface area contributed by atoms with Gasteiger partial charge in [-0.05, 0) is 135 Å². The highest BCUT2D eigenvalue weighted by Crippen LogP contribution is 2.35. The van der Waals surface area contributed by atoms with Gasteiger partial charge in [-0.2, -0.15) is 0 Å². The lowest BCUT2D eigenvalue weighted by molar-refractivity contribution is 0.923. The first kappa shape index (κ1) is 42.9. The normalized spacial score (nSPS) is 11.1. The zero-order chi connectivity index (χ0) is 44.7. The quantitative estimate of drug-likeness (QED) is 0.116. The fraction of sp³-hybridized carbons (Fsp3) is 0.0656. The average molecular weight is 980 g/mol. The molecule has 10 aromatic rings. The summed E-state index contributed by atoms with van der Waals surface area (Å²) in [5, 5.41) is 0. The summed E-state index contributed by atoms with van der Waals surface area (Å²) in [6.45, 7) is 0. The van der Waals surface area contributed by atoms with Gasteiger partial charge in [-0.1, -0.05) is 190 Å². The van der Waals surface area contributed by atoms with Gasteiger partial charge in [0.2, 0.25) is 0 Å². The second-order valence-corrected chi connectivity index (χ2v) is 18.5. The predicted octanol–water partition coefficient (Wildman–Crippen LogP) is 16.6. The van der Waals surface area contributed by atoms with Crippen LogP contribution >= 0.6 is 31.9 Å². The zero-order valence-electron chi connectivity index (χ0n) is 36.3. The van der Waals surface area contributed by atoms with Gasteiger partial charge in [0, 0.05) is 49.8 Å². The van der Waals surface area contributed by atoms with Crippen LogP contribution in [0.4, 0.5) is 0 Å². The molecule has 5 heteroatoms. The monoisotopic (exact) mass is 977 g/mol. The summed E-state index contributed by atoms with van der Waals surface area (Å²) in [5.74, 6) is 0. The standard InChI is InChI=1S/C61H45Br2N3/c62-55-15-7-13-51(37-55)59-30-23-42(39-64-59)19-21-44-33-45(22-20-43-24-31-60(65-40-43)52-14-8-16-56(63)38-52)35-54(34-44)58-18-5-4-17-57(58)53-29-32-61(66-41-53)50-12-6-11-49(36-50)48-27-25-47(26-28-48)46-9-2-1-3-10-46/h1-18,23-41H,19-22H2. The minimum atomic E-state index is 0.892. The molecule has 0 aliphatic rings. The maximum Gasteiger partial charge on any atom is 0.0702 e. The highest BCUT2D eigenvalue weighted by Gasteiger charge is 2.13. The van der Waals surface area contributed by atoms with Crippen molar-refractivity contribution in [2.75, 3.05) is 0 Å². The number of hydrogen-bond acceptors (Lipinski definition) is 3. The zero-order valence-corrected chi connectivity index (χ0v) is 39.5. The van der Waals surface area contributed by atoms with Crippen LogP contribution in [0.25, 0.3) is 78.3 Å². The van der Waals surface area contributed by atoms with Crippen LogP contribution in [0.3, 0.4) is 0 Å². The Morgan fingerprint density at radius 3 is 1.18 bits per heavy atom. The van der Waals surface area contributed by atoms with Crippen LogP contribution in [0.1, 0.15) is 22.3 Å². The molecule has 7 aromatic carbocycles. The molecule has 0 radical (unpaired) electrons. The Morgan fingerprint density at radius 1 is 0.258 bits per heavy atom. The number of halogens is 2. The van der Waals surface area contributed by atoms with Gasteiger partial charge in [0.05, 0.1) is 17.1 Å². The van der Waals surface area contributed by atoms with Crippen molar-refractivity contribution >= 4 is 31.9 Å². The minimum absolute atomic E-state index is 0.892. The van der Waals surface area contributed by atoms with Crippen LogP contribution in [-0.4, -0.2) is 15.0 Å². The third kappa shape index (κ3) is 10.2. The van der Waals surface area contributed by atoms with Crippen molar-refractivity contribution in [3.63, 3.8) is 0 Å². The van der Waals surface area contributed by atoms with E-state index >= 15 is 0 Å². The van der Waals surface area contributed by atoms with E-state index in [0.29, 0.717) is 0 Å². The molecule has 66 heavy (non-hydrogen) atoms. The van der Waals surface area contributed by atoms with Gasteiger partial charge in [-0.15, -0.1) is 0 Å². The van der Waals surface area contributed by atoms with Gasteiger partial charge >= 0.3 is 0 Å². The topological polar surface area (TPSA) is 38.7 Å². The fourth-order valence-corrected chi connectivity index (χ4v) is 9.42. The first-order valence-corrected chi connectivity index (χ1v) is 23.9. The lowest BCUT2D eigenvalue weighted by atomic mass is 9.90. The molecule has 3 nitrogen and oxygen atoms in total. The number of benzene rings is 7. The number of nitrogens with zero attached hydrogens (tertiary/aromatic N) is 3. The van der Waals surface area contributed by atoms with Crippen LogP contribution in [0.2, 0.25) is 0 Å². The third-order valence-corrected chi connectivity index (χ3v) is 13.1. The first-order valence-electron chi connectivity index (χ1n) is 22.3. The van der Waals surface area contributed by atoms with E-state index in [9.17, 15) is 0 Å². The summed E-state index contributed by atoms with van der Waals surface area (Å²) >= 11 is 7.20. The Hall–Kier alpha value is -7.05. The van der Waals surface area contributed by atoms with Gasteiger partial charge in [-0.25, -0.2) is 0 Å². The van der Waals surface area contributed by atoms with E-state index in [4.69, 9.17) is 15.0 Å². The lowest BCUT2D eigenvalue weighted by Crippen LogP contribution is -1.99. The van der Waals surface area contributed by atoms with Crippen molar-refractivity contribution in [1.29, 1.82) is 0 Å². The highest BCUT2D eigenvalue weighted by atomic mass is 79.9. The molecule has 0 saturated heterocycles. The number of rotatable bonds is 13. The Morgan fingerprint density at radius 2 is 0.667 bits per heavy atom. The third-order valence-electron chi connectivity index (χ3n) is 12.1. The maximum absolute atomic E-state index is 5.05. The van der Waals surface area contributed by atoms with Gasteiger partial charge < -0.3 is 0 Å². The summed E-state index contributed by atoms with van der Waals surface area (Å²) in [4.78, 5) is 14.7. The van der Waals surface area contributed by atoms with Gasteiger partial charge in [-0.3, -0.25) is 15.0 Å². The molecule has 0 bridgehead atoms. The summed E-state index contributed by atoms with van der Waals surface area (Å²) in [6.07, 6.45) is 9.66. The second kappa shape index (κ2) is 20.0. The minimum Gasteiger partial charge on any atom is -0.256 e. The molecule has 0 fully saturated rings. The van der Waals surface area contributed by atoms with Crippen molar-refractivity contribution in [1.82, 2.24) is 15.0 Å². The Bertz CT molecular complexity index is 3130. The van der Waals surface area contributed by atoms with Crippen LogP contribution in [0.5, 0.6) is 0 Å². The van der Waals surface area contributed by atoms with Crippen LogP contribution < -0.4 is 0 Å². The van der Waals surface area contributed by atoms with E-state index in [1.807, 2.05) is 42.9 Å². The van der Waals surface area contributed by atoms with Gasteiger partial charge in [0.15, 0.2) is 0 Å². The molecule has 0 N–H and O–H groups in total. The van der Waals surface area contributed by atoms with Crippen molar-refractivity contribution in [3.05, 3.63) is 256 Å². The lowest BCUT2D eigenvalue weighted by Gasteiger charge is -2.15. The second-order valence-electron chi connectivity index (χ2n) is 16.7. The smallest absolute Gasteiger partial charge is 0.0702 e. The van der Waals surface area contributed by atoms with Gasteiger partial charge in [0.1, 0.15) is 0 Å². The fourth-order valence-electron chi connectivity index (χ4n) is 8.62. The molecule has 3 aromatic heterocycles. The number of aromatic nitrogens is 3. The molecular formula is C61H45Br2N3. The van der Waals surface area contributed by atoms with Crippen molar-refractivity contribution in [3.8, 4) is 78.3 Å². The SMILES string of the molecule is Brc1cccc(-c2ccc(CCc3cc(CCc4ccc(-c5cccc(Br)c5)nc4)cc(-c4ccccc4-c4ccc(-c5cccc(-c6ccc(-c7ccccc7)cc6)c5)nc4)c3)cn2)c1. The van der Waals surface area contributed by atoms with Crippen molar-refractivity contribution in [2.45, 2.75) is 25.7 Å². The number of aryl methyl sites for hydroxylation is 4. The van der Waals surface area contributed by atoms with Crippen LogP contribution in [0.15, 0.2) is 234 Å². The highest BCUT2D eigenvalue weighted by molar-refractivity contribution is 9.10. The summed E-state index contributed by atoms with van der Waals surface area (Å²) in [5.41, 5.74) is 20.7. The molecule has 0 atom stereocenters. The molecule has 0 amide bonds. The summed E-state index contributed by atoms with van der Waals surface area (Å²) in [6, 6.07) is 73.5. The van der Waals surface area contributed by atoms with Crippen LogP contribution in [-0.2, 0) is 25.7 Å². The van der Waals surface area contributed by atoms with E-state index < -0.39 is 0 Å². The van der Waals surface area contributed by atoms with E-state index in [1.165, 1.54) is 55.6 Å². The predicted molar refractivity (Wildman–Crippen MR) is 281 cm³/mol. The van der Waals surface area contributed by atoms with Crippen molar-refractivity contribution < 1.29 is 0 Å². The first-order chi connectivity index (χ1) is 32.5. The molecule has 3 heterocycles. The molecule has 0 unspecified atom stereocenters. The maximum atomic E-state index is 5.05. The molecule has 0 spiro atoms. The molecule has 0 aliphatic heterocycles. The van der Waals surface area contributed by atoms with E-state index in [-0.39, 0.29) is 0 Å². The molecule has 10 rings (SSSR count). The van der Waals surface area contributed by atoms with E-state index in [2.05, 4.69) is 214 Å². The summed E-state index contributed by atoms with van der Waals surface area (Å²) < 4.78 is 2.10. The molecule has 318 valence electrons. The van der Waals surface area contributed by atoms with Gasteiger partial charge in [0.25, 0.3) is 0 Å². The van der Waals surface area contributed by atoms with E-state index in [1.54, 1.807) is 0 Å². The Balaban J connectivity index is 0.911. The van der Waals surface area contributed by atoms with Crippen LogP contribution in [0, 0.1) is 0 Å². The largest absolute Gasteiger partial charge is 0.256 e. The Labute approximate surface area is 404 Å². The summed E-state index contributed by atoms with van der Waals surface area (Å²) in [7, 11) is 0. The number of hydrogen-bond donors (Lipinski definition) is 0. The average Bonchev–Trinajstić information content (AvgIpc) is 3.38. The molecular weight excluding hydrogens is 934 g/mol. The molecule has 0 saturated carbocycles. The van der Waals surface area contributed by atoms with Crippen molar-refractivity contribution in [2.24, 2.45) is 0 Å².